The highest BCUT2D eigenvalue weighted by atomic mass is 16.3. The van der Waals surface area contributed by atoms with E-state index < -0.39 is 17.7 Å². The third-order valence-corrected chi connectivity index (χ3v) is 4.76. The predicted octanol–water partition coefficient (Wildman–Crippen LogP) is 4.08. The number of aryl methyl sites for hydroxylation is 1. The molecule has 0 spiro atoms. The lowest BCUT2D eigenvalue weighted by Gasteiger charge is -2.24. The van der Waals surface area contributed by atoms with Gasteiger partial charge in [-0.2, -0.15) is 0 Å². The van der Waals surface area contributed by atoms with E-state index in [4.69, 9.17) is 0 Å². The molecule has 4 nitrogen and oxygen atoms in total. The normalized spacial score (nSPS) is 19.2. The van der Waals surface area contributed by atoms with Crippen LogP contribution in [0, 0.1) is 0 Å². The summed E-state index contributed by atoms with van der Waals surface area (Å²) < 4.78 is 0. The van der Waals surface area contributed by atoms with Gasteiger partial charge in [-0.3, -0.25) is 9.59 Å². The zero-order valence-corrected chi connectivity index (χ0v) is 15.1. The average molecular weight is 349 g/mol. The third kappa shape index (κ3) is 3.15. The SMILES string of the molecule is CCCN1C(=O)C(=O)/C(=C(\O)c2ccc(CC)cc2)C1c1ccccc1. The molecule has 0 saturated carbocycles. The van der Waals surface area contributed by atoms with Gasteiger partial charge in [-0.15, -0.1) is 0 Å². The molecule has 2 aromatic rings. The van der Waals surface area contributed by atoms with Gasteiger partial charge in [0.1, 0.15) is 5.76 Å². The Morgan fingerprint density at radius 2 is 1.65 bits per heavy atom. The molecule has 1 saturated heterocycles. The Morgan fingerprint density at radius 3 is 2.23 bits per heavy atom. The summed E-state index contributed by atoms with van der Waals surface area (Å²) >= 11 is 0. The van der Waals surface area contributed by atoms with Gasteiger partial charge < -0.3 is 10.0 Å². The second-order valence-electron chi connectivity index (χ2n) is 6.45. The van der Waals surface area contributed by atoms with E-state index in [0.29, 0.717) is 12.1 Å². The van der Waals surface area contributed by atoms with Crippen LogP contribution in [0.4, 0.5) is 0 Å². The number of aliphatic hydroxyl groups excluding tert-OH is 1. The van der Waals surface area contributed by atoms with Crippen LogP contribution in [-0.4, -0.2) is 28.2 Å². The number of rotatable bonds is 5. The van der Waals surface area contributed by atoms with E-state index in [2.05, 4.69) is 6.92 Å². The van der Waals surface area contributed by atoms with E-state index in [1.54, 1.807) is 17.0 Å². The summed E-state index contributed by atoms with van der Waals surface area (Å²) in [6, 6.07) is 16.3. The summed E-state index contributed by atoms with van der Waals surface area (Å²) in [5.41, 5.74) is 2.69. The van der Waals surface area contributed by atoms with E-state index in [9.17, 15) is 14.7 Å². The molecule has 0 aromatic heterocycles. The van der Waals surface area contributed by atoms with Crippen molar-refractivity contribution in [1.29, 1.82) is 0 Å². The summed E-state index contributed by atoms with van der Waals surface area (Å²) in [6.45, 7) is 4.49. The van der Waals surface area contributed by atoms with Crippen LogP contribution in [0.15, 0.2) is 60.2 Å². The quantitative estimate of drug-likeness (QED) is 0.503. The zero-order chi connectivity index (χ0) is 18.7. The first-order valence-corrected chi connectivity index (χ1v) is 9.01. The molecule has 26 heavy (non-hydrogen) atoms. The average Bonchev–Trinajstić information content (AvgIpc) is 2.93. The Labute approximate surface area is 153 Å². The predicted molar refractivity (Wildman–Crippen MR) is 102 cm³/mol. The van der Waals surface area contributed by atoms with Gasteiger partial charge in [-0.05, 0) is 24.0 Å². The lowest BCUT2D eigenvalue weighted by Crippen LogP contribution is -2.30. The van der Waals surface area contributed by atoms with Crippen molar-refractivity contribution in [3.63, 3.8) is 0 Å². The first-order valence-electron chi connectivity index (χ1n) is 9.01. The molecule has 0 aliphatic carbocycles. The van der Waals surface area contributed by atoms with Gasteiger partial charge >= 0.3 is 0 Å². The van der Waals surface area contributed by atoms with Crippen LogP contribution in [0.3, 0.4) is 0 Å². The maximum atomic E-state index is 12.7. The second kappa shape index (κ2) is 7.56. The van der Waals surface area contributed by atoms with Crippen LogP contribution in [0.1, 0.15) is 43.0 Å². The van der Waals surface area contributed by atoms with Crippen molar-refractivity contribution in [1.82, 2.24) is 4.90 Å². The number of Topliss-reactive ketones (excluding diaryl/α,β-unsaturated/α-hetero) is 1. The van der Waals surface area contributed by atoms with Crippen LogP contribution in [0.25, 0.3) is 5.76 Å². The number of amides is 1. The van der Waals surface area contributed by atoms with Crippen LogP contribution in [0.5, 0.6) is 0 Å². The number of hydrogen-bond donors (Lipinski definition) is 1. The molecule has 1 amide bonds. The van der Waals surface area contributed by atoms with Crippen molar-refractivity contribution < 1.29 is 14.7 Å². The number of hydrogen-bond acceptors (Lipinski definition) is 3. The molecule has 2 aromatic carbocycles. The molecule has 134 valence electrons. The van der Waals surface area contributed by atoms with Crippen molar-refractivity contribution >= 4 is 17.4 Å². The second-order valence-corrected chi connectivity index (χ2v) is 6.45. The van der Waals surface area contributed by atoms with E-state index in [-0.39, 0.29) is 11.3 Å². The standard InChI is InChI=1S/C22H23NO3/c1-3-14-23-19(16-8-6-5-7-9-16)18(21(25)22(23)26)20(24)17-12-10-15(4-2)11-13-17/h5-13,19,24H,3-4,14H2,1-2H3/b20-18-. The highest BCUT2D eigenvalue weighted by Crippen LogP contribution is 2.39. The molecule has 1 unspecified atom stereocenters. The summed E-state index contributed by atoms with van der Waals surface area (Å²) in [5, 5.41) is 10.9. The third-order valence-electron chi connectivity index (χ3n) is 4.76. The van der Waals surface area contributed by atoms with Gasteiger partial charge in [0.05, 0.1) is 11.6 Å². The van der Waals surface area contributed by atoms with Gasteiger partial charge in [-0.1, -0.05) is 68.4 Å². The first-order chi connectivity index (χ1) is 12.6. The van der Waals surface area contributed by atoms with Gasteiger partial charge in [0.2, 0.25) is 0 Å². The molecule has 4 heteroatoms. The molecule has 1 N–H and O–H groups in total. The van der Waals surface area contributed by atoms with Crippen LogP contribution < -0.4 is 0 Å². The maximum absolute atomic E-state index is 12.7. The molecular weight excluding hydrogens is 326 g/mol. The maximum Gasteiger partial charge on any atom is 0.295 e. The molecular formula is C22H23NO3. The number of ketones is 1. The molecule has 1 atom stereocenters. The summed E-state index contributed by atoms with van der Waals surface area (Å²) in [5.74, 6) is -1.28. The molecule has 1 aliphatic rings. The van der Waals surface area contributed by atoms with Crippen LogP contribution >= 0.6 is 0 Å². The largest absolute Gasteiger partial charge is 0.507 e. The number of aliphatic hydroxyl groups is 1. The van der Waals surface area contributed by atoms with E-state index in [0.717, 1.165) is 24.0 Å². The number of benzene rings is 2. The highest BCUT2D eigenvalue weighted by Gasteiger charge is 2.45. The molecule has 1 aliphatic heterocycles. The zero-order valence-electron chi connectivity index (χ0n) is 15.1. The van der Waals surface area contributed by atoms with Gasteiger partial charge in [-0.25, -0.2) is 0 Å². The minimum Gasteiger partial charge on any atom is -0.507 e. The van der Waals surface area contributed by atoms with E-state index >= 15 is 0 Å². The summed E-state index contributed by atoms with van der Waals surface area (Å²) in [7, 11) is 0. The summed E-state index contributed by atoms with van der Waals surface area (Å²) in [4.78, 5) is 26.8. The molecule has 3 rings (SSSR count). The number of likely N-dealkylation sites (tertiary alicyclic amines) is 1. The Kier molecular flexibility index (Phi) is 5.21. The van der Waals surface area contributed by atoms with E-state index in [1.165, 1.54) is 0 Å². The number of carbonyl (C=O) groups excluding carboxylic acids is 2. The fourth-order valence-corrected chi connectivity index (χ4v) is 3.39. The fraction of sp³-hybridized carbons (Fsp3) is 0.273. The number of nitrogens with zero attached hydrogens (tertiary/aromatic N) is 1. The Balaban J connectivity index is 2.14. The Hall–Kier alpha value is -2.88. The Morgan fingerprint density at radius 1 is 1.00 bits per heavy atom. The van der Waals surface area contributed by atoms with Crippen molar-refractivity contribution in [2.24, 2.45) is 0 Å². The molecule has 1 fully saturated rings. The highest BCUT2D eigenvalue weighted by molar-refractivity contribution is 6.46. The molecule has 0 bridgehead atoms. The Bertz CT molecular complexity index is 837. The lowest BCUT2D eigenvalue weighted by atomic mass is 9.95. The fourth-order valence-electron chi connectivity index (χ4n) is 3.39. The minimum atomic E-state index is -0.621. The minimum absolute atomic E-state index is 0.113. The van der Waals surface area contributed by atoms with Crippen molar-refractivity contribution in [2.45, 2.75) is 32.7 Å². The van der Waals surface area contributed by atoms with Gasteiger partial charge in [0.15, 0.2) is 0 Å². The van der Waals surface area contributed by atoms with Crippen molar-refractivity contribution in [2.75, 3.05) is 6.54 Å². The van der Waals surface area contributed by atoms with Gasteiger partial charge in [0.25, 0.3) is 11.7 Å². The summed E-state index contributed by atoms with van der Waals surface area (Å²) in [6.07, 6.45) is 1.63. The van der Waals surface area contributed by atoms with Crippen LogP contribution in [0.2, 0.25) is 0 Å². The van der Waals surface area contributed by atoms with Crippen molar-refractivity contribution in [3.05, 3.63) is 76.9 Å². The first kappa shape index (κ1) is 17.9. The van der Waals surface area contributed by atoms with Crippen molar-refractivity contribution in [3.8, 4) is 0 Å². The monoisotopic (exact) mass is 349 g/mol. The van der Waals surface area contributed by atoms with Crippen LogP contribution in [-0.2, 0) is 16.0 Å². The smallest absolute Gasteiger partial charge is 0.295 e. The van der Waals surface area contributed by atoms with E-state index in [1.807, 2.05) is 49.4 Å². The van der Waals surface area contributed by atoms with Gasteiger partial charge in [0, 0.05) is 12.1 Å². The lowest BCUT2D eigenvalue weighted by molar-refractivity contribution is -0.139. The number of carbonyl (C=O) groups is 2. The molecule has 0 radical (unpaired) electrons. The molecule has 1 heterocycles. The topological polar surface area (TPSA) is 57.6 Å².